The van der Waals surface area contributed by atoms with Crippen molar-refractivity contribution in [1.82, 2.24) is 0 Å². The minimum Gasteiger partial charge on any atom is -0.417 e. The summed E-state index contributed by atoms with van der Waals surface area (Å²) in [4.78, 5) is 0. The first-order valence-corrected chi connectivity index (χ1v) is 20.9. The van der Waals surface area contributed by atoms with E-state index in [0.29, 0.717) is 19.6 Å². The third-order valence-electron chi connectivity index (χ3n) is 12.2. The van der Waals surface area contributed by atoms with Crippen molar-refractivity contribution in [3.05, 3.63) is 96.1 Å². The van der Waals surface area contributed by atoms with Crippen LogP contribution in [0.25, 0.3) is 0 Å². The van der Waals surface area contributed by atoms with Gasteiger partial charge in [-0.15, -0.1) is 0 Å². The number of fused-ring (bicyclic) bond motifs is 2. The van der Waals surface area contributed by atoms with Gasteiger partial charge in [0.1, 0.15) is 18.0 Å². The van der Waals surface area contributed by atoms with Crippen LogP contribution in [0, 0.1) is 16.7 Å². The zero-order valence-electron chi connectivity index (χ0n) is 31.2. The van der Waals surface area contributed by atoms with Crippen LogP contribution in [0.3, 0.4) is 0 Å². The summed E-state index contributed by atoms with van der Waals surface area (Å²) >= 11 is 0. The van der Waals surface area contributed by atoms with Gasteiger partial charge in [0.05, 0.1) is 25.4 Å². The lowest BCUT2D eigenvalue weighted by atomic mass is 9.62. The Bertz CT molecular complexity index is 1420. The predicted molar refractivity (Wildman–Crippen MR) is 196 cm³/mol. The lowest BCUT2D eigenvalue weighted by molar-refractivity contribution is -0.295. The fraction of sp³-hybridized carbons (Fsp3) is 0.610. The van der Waals surface area contributed by atoms with E-state index in [1.165, 1.54) is 0 Å². The zero-order valence-corrected chi connectivity index (χ0v) is 32.2. The van der Waals surface area contributed by atoms with E-state index in [9.17, 15) is 5.11 Å². The number of aliphatic hydroxyl groups is 1. The molecule has 1 aliphatic heterocycles. The molecule has 2 bridgehead atoms. The highest BCUT2D eigenvalue weighted by Gasteiger charge is 2.74. The van der Waals surface area contributed by atoms with Crippen LogP contribution in [0.5, 0.6) is 0 Å². The minimum atomic E-state index is -2.02. The van der Waals surface area contributed by atoms with Crippen LogP contribution in [0.15, 0.2) is 85.0 Å². The fourth-order valence-corrected chi connectivity index (χ4v) is 9.33. The molecule has 1 N–H and O–H groups in total. The molecule has 5 rings (SSSR count). The lowest BCUT2D eigenvalue weighted by Crippen LogP contribution is -2.56. The van der Waals surface area contributed by atoms with Gasteiger partial charge in [0.2, 0.25) is 0 Å². The highest BCUT2D eigenvalue weighted by Crippen LogP contribution is 2.71. The second-order valence-electron chi connectivity index (χ2n) is 16.3. The van der Waals surface area contributed by atoms with E-state index >= 15 is 0 Å². The van der Waals surface area contributed by atoms with Gasteiger partial charge in [-0.2, -0.15) is 0 Å². The van der Waals surface area contributed by atoms with Crippen LogP contribution in [0.2, 0.25) is 18.1 Å². The molecule has 0 spiro atoms. The van der Waals surface area contributed by atoms with Gasteiger partial charge < -0.3 is 33.2 Å². The van der Waals surface area contributed by atoms with E-state index in [4.69, 9.17) is 28.1 Å². The number of benzene rings is 2. The maximum atomic E-state index is 12.7. The van der Waals surface area contributed by atoms with Gasteiger partial charge in [0.25, 0.3) is 0 Å². The van der Waals surface area contributed by atoms with Crippen molar-refractivity contribution in [1.29, 1.82) is 0 Å². The number of ether oxygens (including phenoxy) is 5. The van der Waals surface area contributed by atoms with E-state index in [0.717, 1.165) is 24.0 Å². The topological polar surface area (TPSA) is 75.6 Å². The Labute approximate surface area is 296 Å². The van der Waals surface area contributed by atoms with E-state index in [2.05, 4.69) is 72.0 Å². The average Bonchev–Trinajstić information content (AvgIpc) is 3.40. The van der Waals surface area contributed by atoms with Gasteiger partial charge in [-0.3, -0.25) is 0 Å². The van der Waals surface area contributed by atoms with Crippen LogP contribution in [-0.2, 0) is 34.7 Å². The first-order valence-electron chi connectivity index (χ1n) is 18.0. The van der Waals surface area contributed by atoms with E-state index < -0.39 is 37.3 Å². The van der Waals surface area contributed by atoms with Crippen LogP contribution in [0.1, 0.15) is 78.2 Å². The number of hydrogen-bond acceptors (Lipinski definition) is 7. The van der Waals surface area contributed by atoms with Crippen LogP contribution in [-0.4, -0.2) is 64.0 Å². The van der Waals surface area contributed by atoms with Crippen LogP contribution < -0.4 is 0 Å². The molecule has 1 saturated heterocycles. The molecule has 7 nitrogen and oxygen atoms in total. The molecule has 3 fully saturated rings. The summed E-state index contributed by atoms with van der Waals surface area (Å²) in [5, 5.41) is 12.8. The number of rotatable bonds is 14. The second-order valence-corrected chi connectivity index (χ2v) is 21.1. The Hall–Kier alpha value is -2.14. The monoisotopic (exact) mass is 692 g/mol. The molecule has 2 aromatic rings. The van der Waals surface area contributed by atoms with Gasteiger partial charge in [-0.05, 0) is 61.2 Å². The largest absolute Gasteiger partial charge is 0.417 e. The number of allylic oxidation sites excluding steroid dienone is 1. The van der Waals surface area contributed by atoms with Crippen molar-refractivity contribution >= 4 is 8.32 Å². The number of methoxy groups -OCH3 is 1. The smallest absolute Gasteiger partial charge is 0.191 e. The summed E-state index contributed by atoms with van der Waals surface area (Å²) in [6.45, 7) is 19.2. The molecule has 2 aliphatic carbocycles. The average molecular weight is 693 g/mol. The third-order valence-corrected chi connectivity index (χ3v) is 16.8. The minimum absolute atomic E-state index is 0.0851. The first-order chi connectivity index (χ1) is 23.2. The molecule has 7 atom stereocenters. The first kappa shape index (κ1) is 38.1. The van der Waals surface area contributed by atoms with E-state index in [1.54, 1.807) is 7.11 Å². The van der Waals surface area contributed by atoms with Crippen molar-refractivity contribution in [2.75, 3.05) is 27.1 Å². The van der Waals surface area contributed by atoms with Crippen LogP contribution in [0.4, 0.5) is 0 Å². The quantitative estimate of drug-likeness (QED) is 0.121. The normalized spacial score (nSPS) is 33.2. The Balaban J connectivity index is 1.57. The zero-order chi connectivity index (χ0) is 35.6. The van der Waals surface area contributed by atoms with Crippen LogP contribution >= 0.6 is 0 Å². The lowest BCUT2D eigenvalue weighted by Gasteiger charge is -2.48. The third kappa shape index (κ3) is 7.18. The standard InChI is InChI=1S/C41H60O7Si/c1-10-23-41(42)35(45-30-43-7)33-21-24-40(41,38(33,5)6)26-25-39(46-28-31-17-13-11-14-18-31)29-44-36(32-19-15-12-16-20-32)48-34(39)22-27-47-49(8,9)37(2,3)4/h10-20,23,25-26,33-36,42H,21-22,24,27-30H2,1-9H3/b23-10+,26-25+/t33-,34+,35-,36-,39+,40-,41-/m1/s1. The van der Waals surface area contributed by atoms with Gasteiger partial charge >= 0.3 is 0 Å². The van der Waals surface area contributed by atoms with Gasteiger partial charge in [0, 0.05) is 24.7 Å². The fourth-order valence-electron chi connectivity index (χ4n) is 8.27. The highest BCUT2D eigenvalue weighted by atomic mass is 28.4. The van der Waals surface area contributed by atoms with Crippen molar-refractivity contribution in [2.45, 2.75) is 115 Å². The molecule has 2 aromatic carbocycles. The molecule has 3 aliphatic rings. The van der Waals surface area contributed by atoms with Crippen molar-refractivity contribution < 1.29 is 33.2 Å². The molecule has 1 heterocycles. The summed E-state index contributed by atoms with van der Waals surface area (Å²) in [6, 6.07) is 20.3. The maximum absolute atomic E-state index is 12.7. The Morgan fingerprint density at radius 2 is 1.65 bits per heavy atom. The highest BCUT2D eigenvalue weighted by molar-refractivity contribution is 6.74. The molecule has 49 heavy (non-hydrogen) atoms. The van der Waals surface area contributed by atoms with E-state index in [1.807, 2.05) is 67.6 Å². The number of hydrogen-bond donors (Lipinski definition) is 1. The SMILES string of the molecule is C/C=C/[C@@]1(O)[C@H](OCOC)[C@H]2CC[C@@]1(/C=C/[C@]1(OCc3ccccc3)CO[C@@H](c3ccccc3)O[C@H]1CCO[Si](C)(C)C(C)(C)C)C2(C)C. The molecule has 0 unspecified atom stereocenters. The summed E-state index contributed by atoms with van der Waals surface area (Å²) in [5.41, 5.74) is -1.07. The molecule has 2 saturated carbocycles. The molecule has 0 aromatic heterocycles. The summed E-state index contributed by atoms with van der Waals surface area (Å²) < 4.78 is 38.9. The summed E-state index contributed by atoms with van der Waals surface area (Å²) in [5.74, 6) is 0.143. The Kier molecular flexibility index (Phi) is 11.5. The molecule has 8 heteroatoms. The van der Waals surface area contributed by atoms with E-state index in [-0.39, 0.29) is 35.9 Å². The van der Waals surface area contributed by atoms with Gasteiger partial charge in [-0.25, -0.2) is 0 Å². The summed E-state index contributed by atoms with van der Waals surface area (Å²) in [6.07, 6.45) is 9.30. The molecule has 270 valence electrons. The van der Waals surface area contributed by atoms with Crippen molar-refractivity contribution in [3.8, 4) is 0 Å². The molecule has 0 radical (unpaired) electrons. The second kappa shape index (κ2) is 14.8. The van der Waals surface area contributed by atoms with Gasteiger partial charge in [0.15, 0.2) is 14.6 Å². The molecule has 0 amide bonds. The molecular weight excluding hydrogens is 633 g/mol. The molecular formula is C41H60O7Si. The van der Waals surface area contributed by atoms with Gasteiger partial charge in [-0.1, -0.05) is 120 Å². The maximum Gasteiger partial charge on any atom is 0.191 e. The Morgan fingerprint density at radius 3 is 2.29 bits per heavy atom. The summed E-state index contributed by atoms with van der Waals surface area (Å²) in [7, 11) is -0.394. The van der Waals surface area contributed by atoms with Crippen molar-refractivity contribution in [2.24, 2.45) is 16.7 Å². The van der Waals surface area contributed by atoms with Crippen molar-refractivity contribution in [3.63, 3.8) is 0 Å². The predicted octanol–water partition coefficient (Wildman–Crippen LogP) is 8.76. The Morgan fingerprint density at radius 1 is 0.980 bits per heavy atom.